The number of hydrogen-bond acceptors (Lipinski definition) is 7. The number of hydrazine groups is 1. The van der Waals surface area contributed by atoms with Crippen LogP contribution in [0, 0.1) is 0 Å². The van der Waals surface area contributed by atoms with Crippen LogP contribution in [0.4, 0.5) is 0 Å². The van der Waals surface area contributed by atoms with Gasteiger partial charge in [-0.1, -0.05) is 35.9 Å². The monoisotopic (exact) mass is 466 g/mol. The summed E-state index contributed by atoms with van der Waals surface area (Å²) < 4.78 is 5.16. The van der Waals surface area contributed by atoms with E-state index in [2.05, 4.69) is 43.3 Å². The second-order valence-corrected chi connectivity index (χ2v) is 8.81. The number of amidine groups is 1. The Hall–Kier alpha value is -3.23. The summed E-state index contributed by atoms with van der Waals surface area (Å²) >= 11 is 6.04. The summed E-state index contributed by atoms with van der Waals surface area (Å²) in [6.07, 6.45) is 6.00. The first-order valence-corrected chi connectivity index (χ1v) is 11.5. The van der Waals surface area contributed by atoms with Crippen molar-refractivity contribution in [1.29, 1.82) is 0 Å². The molecule has 2 aromatic rings. The molecule has 1 fully saturated rings. The zero-order chi connectivity index (χ0) is 22.8. The summed E-state index contributed by atoms with van der Waals surface area (Å²) in [5, 5.41) is 10.4. The van der Waals surface area contributed by atoms with E-state index in [1.165, 1.54) is 5.56 Å². The van der Waals surface area contributed by atoms with E-state index < -0.39 is 0 Å². The summed E-state index contributed by atoms with van der Waals surface area (Å²) in [6, 6.07) is 16.1. The number of carbonyl (C=O) groups is 1. The predicted octanol–water partition coefficient (Wildman–Crippen LogP) is 3.09. The minimum absolute atomic E-state index is 0.00455. The van der Waals surface area contributed by atoms with Crippen molar-refractivity contribution in [2.75, 3.05) is 7.11 Å². The summed E-state index contributed by atoms with van der Waals surface area (Å²) in [7, 11) is 1.64. The Morgan fingerprint density at radius 2 is 1.97 bits per heavy atom. The van der Waals surface area contributed by atoms with Crippen molar-refractivity contribution in [3.8, 4) is 5.75 Å². The van der Waals surface area contributed by atoms with Crippen LogP contribution in [0.3, 0.4) is 0 Å². The lowest BCUT2D eigenvalue weighted by atomic mass is 9.99. The summed E-state index contributed by atoms with van der Waals surface area (Å²) in [4.78, 5) is 14.5. The number of hydrogen-bond donors (Lipinski definition) is 3. The topological polar surface area (TPSA) is 81.2 Å². The third-order valence-electron chi connectivity index (χ3n) is 6.31. The van der Waals surface area contributed by atoms with Crippen LogP contribution in [0.5, 0.6) is 5.75 Å². The highest BCUT2D eigenvalue weighted by atomic mass is 35.5. The number of methoxy groups -OCH3 is 1. The Morgan fingerprint density at radius 1 is 1.18 bits per heavy atom. The molecule has 0 aromatic heterocycles. The number of nitrogens with one attached hydrogen (secondary N) is 3. The summed E-state index contributed by atoms with van der Waals surface area (Å²) in [5.41, 5.74) is 9.07. The molecule has 3 aliphatic heterocycles. The molecule has 0 bridgehead atoms. The maximum atomic E-state index is 12.4. The minimum atomic E-state index is 0.00455. The fourth-order valence-electron chi connectivity index (χ4n) is 4.48. The van der Waals surface area contributed by atoms with Crippen molar-refractivity contribution in [1.82, 2.24) is 26.1 Å². The van der Waals surface area contributed by atoms with Crippen LogP contribution in [0.2, 0.25) is 5.02 Å². The Morgan fingerprint density at radius 3 is 2.73 bits per heavy atom. The van der Waals surface area contributed by atoms with Gasteiger partial charge in [-0.2, -0.15) is 5.10 Å². The SMILES string of the molecule is COc1ccc(CNC(=O)CCC2=NNC3C4CC(c5ccc(Cl)cc5)NN4C=CN23)cc1. The minimum Gasteiger partial charge on any atom is -0.497 e. The van der Waals surface area contributed by atoms with E-state index in [-0.39, 0.29) is 24.2 Å². The zero-order valence-electron chi connectivity index (χ0n) is 18.4. The van der Waals surface area contributed by atoms with Crippen LogP contribution in [0.25, 0.3) is 0 Å². The first-order valence-electron chi connectivity index (χ1n) is 11.1. The fraction of sp³-hybridized carbons (Fsp3) is 0.333. The van der Waals surface area contributed by atoms with Gasteiger partial charge in [-0.25, -0.2) is 5.43 Å². The van der Waals surface area contributed by atoms with Crippen molar-refractivity contribution in [3.63, 3.8) is 0 Å². The van der Waals surface area contributed by atoms with E-state index in [9.17, 15) is 4.79 Å². The average Bonchev–Trinajstić information content (AvgIpc) is 3.46. The second kappa shape index (κ2) is 9.33. The number of benzene rings is 2. The lowest BCUT2D eigenvalue weighted by Crippen LogP contribution is -2.54. The van der Waals surface area contributed by atoms with E-state index in [1.54, 1.807) is 7.11 Å². The number of halogens is 1. The third kappa shape index (κ3) is 4.62. The van der Waals surface area contributed by atoms with Crippen LogP contribution < -0.4 is 20.9 Å². The van der Waals surface area contributed by atoms with E-state index in [1.807, 2.05) is 48.8 Å². The van der Waals surface area contributed by atoms with Gasteiger partial charge >= 0.3 is 0 Å². The lowest BCUT2D eigenvalue weighted by Gasteiger charge is -2.37. The van der Waals surface area contributed by atoms with E-state index in [4.69, 9.17) is 16.3 Å². The molecule has 9 heteroatoms. The molecule has 1 saturated heterocycles. The number of nitrogens with zero attached hydrogens (tertiary/aromatic N) is 3. The number of rotatable bonds is 7. The highest BCUT2D eigenvalue weighted by molar-refractivity contribution is 6.30. The molecule has 0 saturated carbocycles. The third-order valence-corrected chi connectivity index (χ3v) is 6.56. The van der Waals surface area contributed by atoms with Gasteiger partial charge < -0.3 is 20.0 Å². The van der Waals surface area contributed by atoms with Gasteiger partial charge in [0, 0.05) is 36.8 Å². The number of carbonyl (C=O) groups excluding carboxylic acids is 1. The quantitative estimate of drug-likeness (QED) is 0.582. The molecule has 3 atom stereocenters. The fourth-order valence-corrected chi connectivity index (χ4v) is 4.61. The Labute approximate surface area is 198 Å². The van der Waals surface area contributed by atoms with Crippen LogP contribution in [-0.2, 0) is 11.3 Å². The molecule has 1 amide bonds. The van der Waals surface area contributed by atoms with Crippen molar-refractivity contribution in [2.45, 2.75) is 44.1 Å². The average molecular weight is 467 g/mol. The highest BCUT2D eigenvalue weighted by Gasteiger charge is 2.44. The smallest absolute Gasteiger partial charge is 0.220 e. The Bertz CT molecular complexity index is 1060. The van der Waals surface area contributed by atoms with Gasteiger partial charge in [0.15, 0.2) is 0 Å². The first-order chi connectivity index (χ1) is 16.1. The summed E-state index contributed by atoms with van der Waals surface area (Å²) in [5.74, 6) is 1.69. The predicted molar refractivity (Wildman–Crippen MR) is 127 cm³/mol. The second-order valence-electron chi connectivity index (χ2n) is 8.38. The summed E-state index contributed by atoms with van der Waals surface area (Å²) in [6.45, 7) is 0.495. The number of hydrazone groups is 1. The normalized spacial score (nSPS) is 23.0. The molecule has 3 heterocycles. The Kier molecular flexibility index (Phi) is 6.11. The zero-order valence-corrected chi connectivity index (χ0v) is 19.1. The lowest BCUT2D eigenvalue weighted by molar-refractivity contribution is -0.121. The molecule has 0 spiro atoms. The van der Waals surface area contributed by atoms with Crippen molar-refractivity contribution in [3.05, 3.63) is 77.1 Å². The van der Waals surface area contributed by atoms with Gasteiger partial charge in [-0.15, -0.1) is 0 Å². The number of amides is 1. The van der Waals surface area contributed by atoms with Gasteiger partial charge in [0.25, 0.3) is 0 Å². The van der Waals surface area contributed by atoms with E-state index >= 15 is 0 Å². The molecule has 3 aliphatic rings. The van der Waals surface area contributed by atoms with Crippen LogP contribution in [0.1, 0.15) is 36.4 Å². The molecular weight excluding hydrogens is 440 g/mol. The van der Waals surface area contributed by atoms with Crippen molar-refractivity contribution in [2.24, 2.45) is 5.10 Å². The first kappa shape index (κ1) is 21.6. The standard InChI is InChI=1S/C24H27ClN6O2/c1-33-19-8-2-16(3-9-19)15-26-23(32)11-10-22-27-28-24-21-14-20(17-4-6-18(25)7-5-17)29-31(21)13-12-30(22)24/h2-9,12-13,20-21,24,28-29H,10-11,14-15H2,1H3,(H,26,32). The molecule has 8 nitrogen and oxygen atoms in total. The van der Waals surface area contributed by atoms with E-state index in [0.29, 0.717) is 19.4 Å². The molecule has 172 valence electrons. The molecule has 0 radical (unpaired) electrons. The number of fused-ring (bicyclic) bond motifs is 3. The largest absolute Gasteiger partial charge is 0.497 e. The van der Waals surface area contributed by atoms with Crippen LogP contribution >= 0.6 is 11.6 Å². The van der Waals surface area contributed by atoms with Gasteiger partial charge in [-0.3, -0.25) is 10.2 Å². The molecular formula is C24H27ClN6O2. The van der Waals surface area contributed by atoms with Gasteiger partial charge in [0.05, 0.1) is 19.2 Å². The van der Waals surface area contributed by atoms with Crippen LogP contribution in [0.15, 0.2) is 66.0 Å². The molecule has 0 aliphatic carbocycles. The maximum absolute atomic E-state index is 12.4. The molecule has 3 N–H and O–H groups in total. The molecule has 2 aromatic carbocycles. The molecule has 5 rings (SSSR count). The van der Waals surface area contributed by atoms with E-state index in [0.717, 1.165) is 28.6 Å². The van der Waals surface area contributed by atoms with Crippen LogP contribution in [-0.4, -0.2) is 41.0 Å². The number of ether oxygens (including phenoxy) is 1. The van der Waals surface area contributed by atoms with Crippen molar-refractivity contribution < 1.29 is 9.53 Å². The van der Waals surface area contributed by atoms with Gasteiger partial charge in [0.2, 0.25) is 5.91 Å². The Balaban J connectivity index is 1.12. The molecule has 3 unspecified atom stereocenters. The molecule has 33 heavy (non-hydrogen) atoms. The maximum Gasteiger partial charge on any atom is 0.220 e. The van der Waals surface area contributed by atoms with Gasteiger partial charge in [0.1, 0.15) is 17.8 Å². The highest BCUT2D eigenvalue weighted by Crippen LogP contribution is 2.34. The van der Waals surface area contributed by atoms with Crippen molar-refractivity contribution >= 4 is 23.3 Å². The van der Waals surface area contributed by atoms with Gasteiger partial charge in [-0.05, 0) is 41.8 Å².